The van der Waals surface area contributed by atoms with Gasteiger partial charge in [-0.15, -0.1) is 0 Å². The lowest BCUT2D eigenvalue weighted by Gasteiger charge is -2.34. The van der Waals surface area contributed by atoms with Gasteiger partial charge in [0.1, 0.15) is 11.9 Å². The molecule has 0 unspecified atom stereocenters. The maximum absolute atomic E-state index is 13.6. The highest BCUT2D eigenvalue weighted by molar-refractivity contribution is 9.10. The van der Waals surface area contributed by atoms with Crippen LogP contribution in [0.5, 0.6) is 0 Å². The zero-order valence-corrected chi connectivity index (χ0v) is 21.3. The summed E-state index contributed by atoms with van der Waals surface area (Å²) in [6.45, 7) is 6.03. The van der Waals surface area contributed by atoms with Gasteiger partial charge in [0.15, 0.2) is 0 Å². The number of benzene rings is 3. The molecule has 3 aromatic carbocycles. The Kier molecular flexibility index (Phi) is 8.61. The summed E-state index contributed by atoms with van der Waals surface area (Å²) in [6, 6.07) is 22.6. The first-order chi connectivity index (χ1) is 16.1. The monoisotopic (exact) mass is 524 g/mol. The zero-order valence-electron chi connectivity index (χ0n) is 19.7. The molecule has 0 saturated heterocycles. The second-order valence-electron chi connectivity index (χ2n) is 9.40. The number of carbonyl (C=O) groups is 2. The molecule has 3 aromatic rings. The summed E-state index contributed by atoms with van der Waals surface area (Å²) in [5, 5.41) is 3.05. The van der Waals surface area contributed by atoms with Gasteiger partial charge >= 0.3 is 0 Å². The molecule has 2 amide bonds. The number of hydrogen-bond acceptors (Lipinski definition) is 2. The minimum absolute atomic E-state index is 0.0718. The van der Waals surface area contributed by atoms with E-state index < -0.39 is 11.6 Å². The van der Waals surface area contributed by atoms with Crippen LogP contribution < -0.4 is 5.32 Å². The molecule has 178 valence electrons. The van der Waals surface area contributed by atoms with Gasteiger partial charge in [-0.05, 0) is 61.7 Å². The van der Waals surface area contributed by atoms with Crippen molar-refractivity contribution in [2.24, 2.45) is 0 Å². The van der Waals surface area contributed by atoms with Crippen LogP contribution in [0.2, 0.25) is 0 Å². The van der Waals surface area contributed by atoms with Crippen molar-refractivity contribution in [3.8, 4) is 0 Å². The second-order valence-corrected chi connectivity index (χ2v) is 10.3. The molecule has 0 aliphatic heterocycles. The quantitative estimate of drug-likeness (QED) is 0.411. The lowest BCUT2D eigenvalue weighted by molar-refractivity contribution is -0.141. The highest BCUT2D eigenvalue weighted by Crippen LogP contribution is 2.19. The second kappa shape index (κ2) is 11.4. The van der Waals surface area contributed by atoms with E-state index in [2.05, 4.69) is 21.2 Å². The SMILES string of the molecule is CC(C)(C)NC(=O)[C@@H](Cc1ccccc1)N(Cc1cccc(Br)c1)C(=O)Cc1ccc(F)cc1. The van der Waals surface area contributed by atoms with Crippen LogP contribution in [0, 0.1) is 5.82 Å². The first-order valence-electron chi connectivity index (χ1n) is 11.2. The number of rotatable bonds is 8. The van der Waals surface area contributed by atoms with Crippen molar-refractivity contribution < 1.29 is 14.0 Å². The fraction of sp³-hybridized carbons (Fsp3) is 0.286. The first kappa shape index (κ1) is 25.6. The summed E-state index contributed by atoms with van der Waals surface area (Å²) in [7, 11) is 0. The molecule has 0 fully saturated rings. The van der Waals surface area contributed by atoms with Crippen LogP contribution in [0.1, 0.15) is 37.5 Å². The first-order valence-corrected chi connectivity index (χ1v) is 12.0. The van der Waals surface area contributed by atoms with Crippen LogP contribution in [0.15, 0.2) is 83.3 Å². The molecule has 3 rings (SSSR count). The summed E-state index contributed by atoms with van der Waals surface area (Å²) in [4.78, 5) is 28.8. The van der Waals surface area contributed by atoms with Crippen molar-refractivity contribution in [1.82, 2.24) is 10.2 Å². The Balaban J connectivity index is 1.98. The molecule has 4 nitrogen and oxygen atoms in total. The summed E-state index contributed by atoms with van der Waals surface area (Å²) >= 11 is 3.49. The van der Waals surface area contributed by atoms with Gasteiger partial charge in [-0.2, -0.15) is 0 Å². The Hall–Kier alpha value is -2.99. The molecule has 0 radical (unpaired) electrons. The molecule has 1 atom stereocenters. The number of amides is 2. The van der Waals surface area contributed by atoms with E-state index in [9.17, 15) is 14.0 Å². The van der Waals surface area contributed by atoms with Gasteiger partial charge in [0.25, 0.3) is 0 Å². The van der Waals surface area contributed by atoms with Gasteiger partial charge in [0, 0.05) is 23.0 Å². The number of halogens is 2. The van der Waals surface area contributed by atoms with Gasteiger partial charge in [-0.25, -0.2) is 4.39 Å². The molecule has 0 aliphatic carbocycles. The maximum Gasteiger partial charge on any atom is 0.243 e. The van der Waals surface area contributed by atoms with Gasteiger partial charge in [-0.1, -0.05) is 70.5 Å². The molecule has 0 spiro atoms. The Morgan fingerprint density at radius 2 is 1.56 bits per heavy atom. The lowest BCUT2D eigenvalue weighted by atomic mass is 10.00. The molecule has 6 heteroatoms. The minimum Gasteiger partial charge on any atom is -0.350 e. The van der Waals surface area contributed by atoms with Crippen molar-refractivity contribution in [3.05, 3.63) is 106 Å². The van der Waals surface area contributed by atoms with E-state index in [1.165, 1.54) is 12.1 Å². The predicted octanol–water partition coefficient (Wildman–Crippen LogP) is 5.69. The van der Waals surface area contributed by atoms with Crippen molar-refractivity contribution >= 4 is 27.7 Å². The maximum atomic E-state index is 13.6. The van der Waals surface area contributed by atoms with Crippen LogP contribution >= 0.6 is 15.9 Å². The fourth-order valence-corrected chi connectivity index (χ4v) is 4.16. The highest BCUT2D eigenvalue weighted by atomic mass is 79.9. The smallest absolute Gasteiger partial charge is 0.243 e. The van der Waals surface area contributed by atoms with E-state index in [0.29, 0.717) is 12.0 Å². The number of carbonyl (C=O) groups excluding carboxylic acids is 2. The van der Waals surface area contributed by atoms with E-state index in [1.54, 1.807) is 17.0 Å². The van der Waals surface area contributed by atoms with Crippen molar-refractivity contribution in [3.63, 3.8) is 0 Å². The van der Waals surface area contributed by atoms with Gasteiger partial charge in [0.05, 0.1) is 6.42 Å². The molecule has 0 aliphatic rings. The Morgan fingerprint density at radius 1 is 0.912 bits per heavy atom. The Morgan fingerprint density at radius 3 is 2.18 bits per heavy atom. The Bertz CT molecular complexity index is 1110. The molecule has 0 heterocycles. The summed E-state index contributed by atoms with van der Waals surface area (Å²) in [6.07, 6.45) is 0.453. The molecule has 0 saturated carbocycles. The summed E-state index contributed by atoms with van der Waals surface area (Å²) < 4.78 is 14.3. The lowest BCUT2D eigenvalue weighted by Crippen LogP contribution is -2.54. The van der Waals surface area contributed by atoms with Crippen molar-refractivity contribution in [2.75, 3.05) is 0 Å². The van der Waals surface area contributed by atoms with Gasteiger partial charge < -0.3 is 10.2 Å². The third kappa shape index (κ3) is 7.80. The zero-order chi connectivity index (χ0) is 24.7. The fourth-order valence-electron chi connectivity index (χ4n) is 3.72. The van der Waals surface area contributed by atoms with Crippen LogP contribution in [0.3, 0.4) is 0 Å². The molecule has 1 N–H and O–H groups in total. The standard InChI is InChI=1S/C28H30BrFN2O2/c1-28(2,3)31-27(34)25(17-20-8-5-4-6-9-20)32(19-22-10-7-11-23(29)16-22)26(33)18-21-12-14-24(30)15-13-21/h4-16,25H,17-19H2,1-3H3,(H,31,34)/t25-/m1/s1. The van der Waals surface area contributed by atoms with Crippen molar-refractivity contribution in [2.45, 2.75) is 51.7 Å². The Labute approximate surface area is 209 Å². The number of hydrogen-bond donors (Lipinski definition) is 1. The van der Waals surface area contributed by atoms with E-state index in [1.807, 2.05) is 75.4 Å². The average molecular weight is 525 g/mol. The normalized spacial score (nSPS) is 12.1. The van der Waals surface area contributed by atoms with Crippen LogP contribution in [-0.4, -0.2) is 28.3 Å². The topological polar surface area (TPSA) is 49.4 Å². The van der Waals surface area contributed by atoms with E-state index in [4.69, 9.17) is 0 Å². The van der Waals surface area contributed by atoms with Crippen LogP contribution in [0.25, 0.3) is 0 Å². The predicted molar refractivity (Wildman–Crippen MR) is 137 cm³/mol. The summed E-state index contributed by atoms with van der Waals surface area (Å²) in [5.41, 5.74) is 2.11. The minimum atomic E-state index is -0.714. The average Bonchev–Trinajstić information content (AvgIpc) is 2.77. The van der Waals surface area contributed by atoms with E-state index in [0.717, 1.165) is 15.6 Å². The van der Waals surface area contributed by atoms with Crippen LogP contribution in [-0.2, 0) is 29.0 Å². The highest BCUT2D eigenvalue weighted by Gasteiger charge is 2.32. The third-order valence-corrected chi connectivity index (χ3v) is 5.77. The molecular weight excluding hydrogens is 495 g/mol. The molecule has 0 aromatic heterocycles. The largest absolute Gasteiger partial charge is 0.350 e. The number of nitrogens with zero attached hydrogens (tertiary/aromatic N) is 1. The summed E-state index contributed by atoms with van der Waals surface area (Å²) in [5.74, 6) is -0.760. The van der Waals surface area contributed by atoms with E-state index in [-0.39, 0.29) is 30.6 Å². The van der Waals surface area contributed by atoms with E-state index >= 15 is 0 Å². The van der Waals surface area contributed by atoms with Gasteiger partial charge in [0.2, 0.25) is 11.8 Å². The molecular formula is C28H30BrFN2O2. The van der Waals surface area contributed by atoms with Crippen molar-refractivity contribution in [1.29, 1.82) is 0 Å². The van der Waals surface area contributed by atoms with Gasteiger partial charge in [-0.3, -0.25) is 9.59 Å². The number of nitrogens with one attached hydrogen (secondary N) is 1. The third-order valence-electron chi connectivity index (χ3n) is 5.28. The van der Waals surface area contributed by atoms with Crippen LogP contribution in [0.4, 0.5) is 4.39 Å². The molecule has 0 bridgehead atoms. The molecule has 34 heavy (non-hydrogen) atoms.